The molecule has 0 fully saturated rings. The Morgan fingerprint density at radius 1 is 1.31 bits per heavy atom. The first-order valence-corrected chi connectivity index (χ1v) is 5.27. The minimum Gasteiger partial charge on any atom is -0.298 e. The van der Waals surface area contributed by atoms with Crippen molar-refractivity contribution in [2.75, 3.05) is 0 Å². The molecule has 2 rings (SSSR count). The molecule has 0 aliphatic rings. The minimum atomic E-state index is 0.243. The predicted octanol–water partition coefficient (Wildman–Crippen LogP) is 3.52. The Labute approximate surface area is 98.9 Å². The highest BCUT2D eigenvalue weighted by Crippen LogP contribution is 2.24. The van der Waals surface area contributed by atoms with Gasteiger partial charge in [0, 0.05) is 11.8 Å². The smallest absolute Gasteiger partial charge is 0.153 e. The Bertz CT molecular complexity index is 537. The topological polar surface area (TPSA) is 30.0 Å². The van der Waals surface area contributed by atoms with Crippen molar-refractivity contribution in [3.63, 3.8) is 0 Å². The van der Waals surface area contributed by atoms with Crippen LogP contribution in [-0.2, 0) is 0 Å². The van der Waals surface area contributed by atoms with Gasteiger partial charge in [0.2, 0.25) is 0 Å². The number of aldehydes is 1. The van der Waals surface area contributed by atoms with Gasteiger partial charge in [-0.2, -0.15) is 0 Å². The van der Waals surface area contributed by atoms with Gasteiger partial charge in [0.25, 0.3) is 0 Å². The summed E-state index contributed by atoms with van der Waals surface area (Å²) in [7, 11) is 0. The number of nitrogens with zero attached hydrogens (tertiary/aromatic N) is 1. The van der Waals surface area contributed by atoms with Crippen LogP contribution in [0.5, 0.6) is 0 Å². The molecule has 0 aliphatic heterocycles. The molecule has 3 heteroatoms. The number of hydrogen-bond donors (Lipinski definition) is 0. The first-order valence-electron chi connectivity index (χ1n) is 4.89. The number of hydrogen-bond acceptors (Lipinski definition) is 2. The van der Waals surface area contributed by atoms with Crippen LogP contribution in [-0.4, -0.2) is 11.3 Å². The fraction of sp³-hybridized carbons (Fsp3) is 0.0769. The van der Waals surface area contributed by atoms with Crippen molar-refractivity contribution < 1.29 is 4.79 Å². The molecule has 80 valence electrons. The summed E-state index contributed by atoms with van der Waals surface area (Å²) in [5.41, 5.74) is 3.53. The van der Waals surface area contributed by atoms with Crippen LogP contribution in [0.3, 0.4) is 0 Å². The van der Waals surface area contributed by atoms with E-state index in [-0.39, 0.29) is 5.15 Å². The first kappa shape index (κ1) is 10.8. The van der Waals surface area contributed by atoms with E-state index in [1.54, 1.807) is 12.3 Å². The van der Waals surface area contributed by atoms with Gasteiger partial charge >= 0.3 is 0 Å². The van der Waals surface area contributed by atoms with Gasteiger partial charge < -0.3 is 0 Å². The number of carbonyl (C=O) groups is 1. The largest absolute Gasteiger partial charge is 0.298 e. The van der Waals surface area contributed by atoms with Gasteiger partial charge in [0.1, 0.15) is 5.15 Å². The summed E-state index contributed by atoms with van der Waals surface area (Å²) in [4.78, 5) is 14.8. The lowest BCUT2D eigenvalue weighted by molar-refractivity contribution is 0.112. The molecule has 0 bridgehead atoms. The van der Waals surface area contributed by atoms with E-state index < -0.39 is 0 Å². The number of benzene rings is 1. The molecule has 0 unspecified atom stereocenters. The third kappa shape index (κ3) is 1.97. The van der Waals surface area contributed by atoms with E-state index in [1.807, 2.05) is 31.2 Å². The Morgan fingerprint density at radius 2 is 2.06 bits per heavy atom. The lowest BCUT2D eigenvalue weighted by atomic mass is 10.0. The number of aryl methyl sites for hydroxylation is 1. The minimum absolute atomic E-state index is 0.243. The summed E-state index contributed by atoms with van der Waals surface area (Å²) >= 11 is 5.78. The van der Waals surface area contributed by atoms with Crippen molar-refractivity contribution >= 4 is 17.9 Å². The molecule has 0 atom stereocenters. The second kappa shape index (κ2) is 4.45. The molecule has 0 saturated heterocycles. The molecule has 16 heavy (non-hydrogen) atoms. The van der Waals surface area contributed by atoms with Crippen molar-refractivity contribution in [2.24, 2.45) is 0 Å². The lowest BCUT2D eigenvalue weighted by Gasteiger charge is -2.06. The molecular weight excluding hydrogens is 222 g/mol. The van der Waals surface area contributed by atoms with Crippen molar-refractivity contribution in [1.29, 1.82) is 0 Å². The summed E-state index contributed by atoms with van der Waals surface area (Å²) < 4.78 is 0. The molecule has 2 aromatic rings. The van der Waals surface area contributed by atoms with E-state index in [0.717, 1.165) is 23.0 Å². The fourth-order valence-electron chi connectivity index (χ4n) is 1.59. The van der Waals surface area contributed by atoms with Crippen LogP contribution in [0.2, 0.25) is 5.15 Å². The number of halogens is 1. The van der Waals surface area contributed by atoms with Crippen molar-refractivity contribution in [3.8, 4) is 11.1 Å². The second-order valence-electron chi connectivity index (χ2n) is 3.54. The maximum absolute atomic E-state index is 10.8. The van der Waals surface area contributed by atoms with Crippen LogP contribution in [0.4, 0.5) is 0 Å². The van der Waals surface area contributed by atoms with E-state index in [1.165, 1.54) is 0 Å². The predicted molar refractivity (Wildman–Crippen MR) is 64.8 cm³/mol. The normalized spacial score (nSPS) is 10.1. The van der Waals surface area contributed by atoms with Crippen molar-refractivity contribution in [1.82, 2.24) is 4.98 Å². The SMILES string of the molecule is Cc1ccccc1-c1cnc(Cl)c(C=O)c1. The van der Waals surface area contributed by atoms with E-state index in [9.17, 15) is 4.79 Å². The van der Waals surface area contributed by atoms with Gasteiger partial charge in [0.15, 0.2) is 6.29 Å². The molecule has 0 N–H and O–H groups in total. The van der Waals surface area contributed by atoms with Crippen LogP contribution in [0, 0.1) is 6.92 Å². The molecule has 1 aromatic carbocycles. The maximum Gasteiger partial charge on any atom is 0.153 e. The van der Waals surface area contributed by atoms with Gasteiger partial charge in [-0.05, 0) is 24.1 Å². The Kier molecular flexibility index (Phi) is 3.02. The molecule has 1 aromatic heterocycles. The molecular formula is C13H10ClNO. The number of carbonyl (C=O) groups excluding carboxylic acids is 1. The Morgan fingerprint density at radius 3 is 2.75 bits per heavy atom. The number of pyridine rings is 1. The highest BCUT2D eigenvalue weighted by atomic mass is 35.5. The lowest BCUT2D eigenvalue weighted by Crippen LogP contribution is -1.90. The van der Waals surface area contributed by atoms with Gasteiger partial charge in [-0.1, -0.05) is 35.9 Å². The summed E-state index contributed by atoms with van der Waals surface area (Å²) in [5, 5.41) is 0.243. The van der Waals surface area contributed by atoms with Crippen LogP contribution in [0.15, 0.2) is 36.5 Å². The molecule has 0 amide bonds. The monoisotopic (exact) mass is 231 g/mol. The molecule has 0 spiro atoms. The number of rotatable bonds is 2. The van der Waals surface area contributed by atoms with Crippen LogP contribution in [0.1, 0.15) is 15.9 Å². The van der Waals surface area contributed by atoms with Gasteiger partial charge in [-0.3, -0.25) is 4.79 Å². The van der Waals surface area contributed by atoms with Crippen molar-refractivity contribution in [3.05, 3.63) is 52.8 Å². The van der Waals surface area contributed by atoms with E-state index in [0.29, 0.717) is 5.56 Å². The molecule has 2 nitrogen and oxygen atoms in total. The summed E-state index contributed by atoms with van der Waals surface area (Å²) in [6, 6.07) is 9.70. The zero-order chi connectivity index (χ0) is 11.5. The molecule has 0 radical (unpaired) electrons. The summed E-state index contributed by atoms with van der Waals surface area (Å²) in [5.74, 6) is 0. The third-order valence-electron chi connectivity index (χ3n) is 2.45. The highest BCUT2D eigenvalue weighted by molar-refractivity contribution is 6.31. The molecule has 0 aliphatic carbocycles. The quantitative estimate of drug-likeness (QED) is 0.585. The Hall–Kier alpha value is -1.67. The maximum atomic E-state index is 10.8. The van der Waals surface area contributed by atoms with E-state index >= 15 is 0 Å². The highest BCUT2D eigenvalue weighted by Gasteiger charge is 2.05. The average Bonchev–Trinajstić information content (AvgIpc) is 2.31. The zero-order valence-electron chi connectivity index (χ0n) is 8.77. The van der Waals surface area contributed by atoms with Gasteiger partial charge in [-0.25, -0.2) is 4.98 Å². The van der Waals surface area contributed by atoms with Crippen molar-refractivity contribution in [2.45, 2.75) is 6.92 Å². The number of aromatic nitrogens is 1. The Balaban J connectivity index is 2.57. The second-order valence-corrected chi connectivity index (χ2v) is 3.89. The van der Waals surface area contributed by atoms with Gasteiger partial charge in [0.05, 0.1) is 5.56 Å². The zero-order valence-corrected chi connectivity index (χ0v) is 9.53. The summed E-state index contributed by atoms with van der Waals surface area (Å²) in [6.45, 7) is 2.02. The fourth-order valence-corrected chi connectivity index (χ4v) is 1.74. The standard InChI is InChI=1S/C13H10ClNO/c1-9-4-2-3-5-12(9)10-6-11(8-16)13(14)15-7-10/h2-8H,1H3. The third-order valence-corrected chi connectivity index (χ3v) is 2.77. The van der Waals surface area contributed by atoms with E-state index in [4.69, 9.17) is 11.6 Å². The van der Waals surface area contributed by atoms with E-state index in [2.05, 4.69) is 4.98 Å². The average molecular weight is 232 g/mol. The molecule has 1 heterocycles. The summed E-state index contributed by atoms with van der Waals surface area (Å²) in [6.07, 6.45) is 2.40. The molecule has 0 saturated carbocycles. The first-order chi connectivity index (χ1) is 7.72. The van der Waals surface area contributed by atoms with Crippen LogP contribution < -0.4 is 0 Å². The van der Waals surface area contributed by atoms with Crippen LogP contribution >= 0.6 is 11.6 Å². The van der Waals surface area contributed by atoms with Crippen LogP contribution in [0.25, 0.3) is 11.1 Å². The van der Waals surface area contributed by atoms with Gasteiger partial charge in [-0.15, -0.1) is 0 Å².